The van der Waals surface area contributed by atoms with Gasteiger partial charge in [0.05, 0.1) is 0 Å². The van der Waals surface area contributed by atoms with Crippen molar-refractivity contribution in [1.29, 1.82) is 0 Å². The highest BCUT2D eigenvalue weighted by atomic mass is 28.4. The van der Waals surface area contributed by atoms with Gasteiger partial charge in [-0.2, -0.15) is 0 Å². The van der Waals surface area contributed by atoms with Gasteiger partial charge >= 0.3 is 0 Å². The van der Waals surface area contributed by atoms with Crippen molar-refractivity contribution in [2.45, 2.75) is 110 Å². The number of hydrogen-bond donors (Lipinski definition) is 0. The number of rotatable bonds is 4. The van der Waals surface area contributed by atoms with E-state index in [2.05, 4.69) is 59.2 Å². The van der Waals surface area contributed by atoms with E-state index in [1.54, 1.807) is 5.57 Å². The van der Waals surface area contributed by atoms with Crippen molar-refractivity contribution in [3.63, 3.8) is 0 Å². The molecule has 0 amide bonds. The summed E-state index contributed by atoms with van der Waals surface area (Å²) < 4.78 is 12.9. The fraction of sp³-hybridized carbons (Fsp3) is 0.880. The van der Waals surface area contributed by atoms with Crippen LogP contribution in [0.1, 0.15) is 58.8 Å². The van der Waals surface area contributed by atoms with E-state index >= 15 is 0 Å². The van der Waals surface area contributed by atoms with Gasteiger partial charge in [-0.05, 0) is 107 Å². The van der Waals surface area contributed by atoms with E-state index in [-0.39, 0.29) is 11.5 Å². The van der Waals surface area contributed by atoms with Crippen molar-refractivity contribution in [2.24, 2.45) is 28.6 Å². The molecule has 3 saturated carbocycles. The minimum absolute atomic E-state index is 0.149. The molecule has 0 aromatic carbocycles. The first-order valence-corrected chi connectivity index (χ1v) is 19.1. The second kappa shape index (κ2) is 7.39. The first kappa shape index (κ1) is 22.9. The Hall–Kier alpha value is -0.236. The summed E-state index contributed by atoms with van der Waals surface area (Å²) in [7, 11) is -3.22. The number of fused-ring (bicyclic) bond motifs is 5. The molecule has 3 fully saturated rings. The van der Waals surface area contributed by atoms with Gasteiger partial charge in [0.2, 0.25) is 0 Å². The number of Topliss-reactive ketones (excluding diaryl/α,β-unsaturated/α-hetero) is 1. The monoisotopic (exact) mass is 448 g/mol. The van der Waals surface area contributed by atoms with Crippen LogP contribution in [0.3, 0.4) is 0 Å². The Bertz CT molecular complexity index is 734. The van der Waals surface area contributed by atoms with Gasteiger partial charge in [0.1, 0.15) is 6.10 Å². The minimum atomic E-state index is -1.72. The third-order valence-corrected chi connectivity index (χ3v) is 10.8. The second-order valence-electron chi connectivity index (χ2n) is 13.1. The molecule has 0 saturated heterocycles. The zero-order chi connectivity index (χ0) is 22.1. The van der Waals surface area contributed by atoms with E-state index in [0.717, 1.165) is 31.6 Å². The third kappa shape index (κ3) is 3.97. The molecule has 5 heteroatoms. The molecule has 4 aliphatic carbocycles. The summed E-state index contributed by atoms with van der Waals surface area (Å²) in [5.41, 5.74) is 1.82. The Morgan fingerprint density at radius 2 is 1.53 bits per heavy atom. The minimum Gasteiger partial charge on any atom is -0.414 e. The largest absolute Gasteiger partial charge is 0.414 e. The second-order valence-corrected chi connectivity index (χ2v) is 22.1. The Balaban J connectivity index is 1.56. The zero-order valence-electron chi connectivity index (χ0n) is 20.6. The van der Waals surface area contributed by atoms with Crippen LogP contribution in [-0.2, 0) is 13.6 Å². The van der Waals surface area contributed by atoms with Crippen molar-refractivity contribution >= 4 is 22.4 Å². The van der Waals surface area contributed by atoms with Gasteiger partial charge < -0.3 is 8.85 Å². The van der Waals surface area contributed by atoms with E-state index in [9.17, 15) is 4.79 Å². The van der Waals surface area contributed by atoms with Crippen molar-refractivity contribution in [3.8, 4) is 0 Å². The number of ketones is 1. The quantitative estimate of drug-likeness (QED) is 0.360. The van der Waals surface area contributed by atoms with Crippen LogP contribution in [0.2, 0.25) is 39.3 Å². The van der Waals surface area contributed by atoms with Gasteiger partial charge in [-0.3, -0.25) is 4.79 Å². The summed E-state index contributed by atoms with van der Waals surface area (Å²) in [4.78, 5) is 13.4. The van der Waals surface area contributed by atoms with Gasteiger partial charge in [0.25, 0.3) is 0 Å². The maximum atomic E-state index is 13.4. The fourth-order valence-electron chi connectivity index (χ4n) is 7.52. The van der Waals surface area contributed by atoms with Gasteiger partial charge in [0, 0.05) is 11.5 Å². The predicted octanol–water partition coefficient (Wildman–Crippen LogP) is 6.57. The molecule has 0 radical (unpaired) electrons. The number of hydrogen-bond acceptors (Lipinski definition) is 3. The summed E-state index contributed by atoms with van der Waals surface area (Å²) in [6.07, 6.45) is 10.8. The average molecular weight is 449 g/mol. The number of carbonyl (C=O) groups excluding carboxylic acids is 1. The molecule has 3 nitrogen and oxygen atoms in total. The molecule has 4 rings (SSSR count). The Kier molecular flexibility index (Phi) is 5.65. The highest BCUT2D eigenvalue weighted by molar-refractivity contribution is 6.70. The lowest BCUT2D eigenvalue weighted by Gasteiger charge is -2.57. The van der Waals surface area contributed by atoms with Crippen LogP contribution in [0.25, 0.3) is 0 Å². The number of allylic oxidation sites excluding steroid dienone is 1. The molecule has 170 valence electrons. The maximum absolute atomic E-state index is 13.4. The molecule has 0 spiro atoms. The lowest BCUT2D eigenvalue weighted by atomic mass is 9.48. The smallest absolute Gasteiger partial charge is 0.184 e. The molecule has 7 atom stereocenters. The molecule has 0 heterocycles. The van der Waals surface area contributed by atoms with Crippen LogP contribution >= 0.6 is 0 Å². The Labute approximate surface area is 186 Å². The molecule has 5 unspecified atom stereocenters. The zero-order valence-corrected chi connectivity index (χ0v) is 22.6. The molecule has 0 N–H and O–H groups in total. The summed E-state index contributed by atoms with van der Waals surface area (Å²) in [6, 6.07) is 0. The predicted molar refractivity (Wildman–Crippen MR) is 129 cm³/mol. The topological polar surface area (TPSA) is 35.5 Å². The Morgan fingerprint density at radius 3 is 2.17 bits per heavy atom. The van der Waals surface area contributed by atoms with Crippen LogP contribution < -0.4 is 0 Å². The van der Waals surface area contributed by atoms with Crippen molar-refractivity contribution in [2.75, 3.05) is 0 Å². The van der Waals surface area contributed by atoms with Crippen molar-refractivity contribution in [1.82, 2.24) is 0 Å². The third-order valence-electron chi connectivity index (χ3n) is 8.79. The van der Waals surface area contributed by atoms with Crippen LogP contribution in [0.15, 0.2) is 11.6 Å². The lowest BCUT2D eigenvalue weighted by molar-refractivity contribution is -0.136. The molecule has 0 aromatic heterocycles. The molecular formula is C25H44O3Si2. The van der Waals surface area contributed by atoms with Crippen LogP contribution in [0, 0.1) is 28.6 Å². The van der Waals surface area contributed by atoms with Crippen molar-refractivity contribution in [3.05, 3.63) is 11.6 Å². The standard InChI is InChI=1S/C25H44O3Si2/c1-24-13-11-18(27-29(3,4)5)15-17(24)9-10-19-20(24)12-14-25(2)21(19)16-22(23(25)26)28-30(6,7)8/h9,18-22H,10-16H2,1-8H3/t18-,19?,20?,21?,22+,24?,25?/m1/s1. The normalized spacial score (nSPS) is 44.2. The maximum Gasteiger partial charge on any atom is 0.184 e. The van der Waals surface area contributed by atoms with E-state index in [4.69, 9.17) is 8.85 Å². The van der Waals surface area contributed by atoms with Gasteiger partial charge in [0.15, 0.2) is 22.4 Å². The molecule has 0 bridgehead atoms. The van der Waals surface area contributed by atoms with Crippen LogP contribution in [-0.4, -0.2) is 34.6 Å². The summed E-state index contributed by atoms with van der Waals surface area (Å²) in [5, 5.41) is 0. The highest BCUT2D eigenvalue weighted by Gasteiger charge is 2.61. The fourth-order valence-corrected chi connectivity index (χ4v) is 9.78. The van der Waals surface area contributed by atoms with Crippen LogP contribution in [0.5, 0.6) is 0 Å². The lowest BCUT2D eigenvalue weighted by Crippen LogP contribution is -2.51. The first-order chi connectivity index (χ1) is 13.7. The van der Waals surface area contributed by atoms with E-state index in [0.29, 0.717) is 29.1 Å². The van der Waals surface area contributed by atoms with Gasteiger partial charge in [-0.25, -0.2) is 0 Å². The van der Waals surface area contributed by atoms with Gasteiger partial charge in [-0.15, -0.1) is 0 Å². The molecule has 30 heavy (non-hydrogen) atoms. The van der Waals surface area contributed by atoms with E-state index in [1.165, 1.54) is 19.3 Å². The molecular weight excluding hydrogens is 404 g/mol. The van der Waals surface area contributed by atoms with Crippen LogP contribution in [0.4, 0.5) is 0 Å². The first-order valence-electron chi connectivity index (χ1n) is 12.3. The van der Waals surface area contributed by atoms with E-state index < -0.39 is 16.6 Å². The summed E-state index contributed by atoms with van der Waals surface area (Å²) in [5.74, 6) is 2.28. The average Bonchev–Trinajstić information content (AvgIpc) is 2.84. The number of carbonyl (C=O) groups is 1. The SMILES string of the molecule is CC12CCC3C(CC=C4C[C@H](O[Si](C)(C)C)CCC43C)C1C[C@H](O[Si](C)(C)C)C2=O. The summed E-state index contributed by atoms with van der Waals surface area (Å²) in [6.45, 7) is 18.4. The van der Waals surface area contributed by atoms with E-state index in [1.807, 2.05) is 0 Å². The molecule has 0 aromatic rings. The van der Waals surface area contributed by atoms with Gasteiger partial charge in [-0.1, -0.05) is 25.5 Å². The molecule has 0 aliphatic heterocycles. The Morgan fingerprint density at radius 1 is 0.900 bits per heavy atom. The van der Waals surface area contributed by atoms with Crippen molar-refractivity contribution < 1.29 is 13.6 Å². The molecule has 4 aliphatic rings. The summed E-state index contributed by atoms with van der Waals surface area (Å²) >= 11 is 0. The highest BCUT2D eigenvalue weighted by Crippen LogP contribution is 2.64.